The van der Waals surface area contributed by atoms with Crippen molar-refractivity contribution in [3.05, 3.63) is 89.5 Å². The third kappa shape index (κ3) is 4.62. The highest BCUT2D eigenvalue weighted by Crippen LogP contribution is 2.56. The molecule has 5 heteroatoms. The van der Waals surface area contributed by atoms with Crippen LogP contribution in [0.25, 0.3) is 0 Å². The molecule has 1 fully saturated rings. The number of fused-ring (bicyclic) bond motifs is 2. The summed E-state index contributed by atoms with van der Waals surface area (Å²) < 4.78 is 6.75. The summed E-state index contributed by atoms with van der Waals surface area (Å²) in [4.78, 5) is 10.2. The molecule has 1 aliphatic carbocycles. The SMILES string of the molecule is CC(C)(C)[C@@H]1CC[C@]2(/N=C/c3ccccc3O)Oc3ccccc3[C@@H](N=Cc3ccccc3O)[C@@H]2C1. The Morgan fingerprint density at radius 2 is 1.47 bits per heavy atom. The van der Waals surface area contributed by atoms with Gasteiger partial charge in [0.05, 0.1) is 6.04 Å². The maximum Gasteiger partial charge on any atom is 0.205 e. The smallest absolute Gasteiger partial charge is 0.205 e. The van der Waals surface area contributed by atoms with Crippen LogP contribution in [-0.4, -0.2) is 28.4 Å². The molecule has 3 aromatic carbocycles. The number of aromatic hydroxyl groups is 2. The van der Waals surface area contributed by atoms with E-state index in [1.807, 2.05) is 48.5 Å². The van der Waals surface area contributed by atoms with Gasteiger partial charge in [-0.15, -0.1) is 0 Å². The Labute approximate surface area is 213 Å². The molecular formula is C31H34N2O3. The Morgan fingerprint density at radius 1 is 0.861 bits per heavy atom. The van der Waals surface area contributed by atoms with Gasteiger partial charge in [-0.3, -0.25) is 4.99 Å². The lowest BCUT2D eigenvalue weighted by Gasteiger charge is -2.51. The lowest BCUT2D eigenvalue weighted by molar-refractivity contribution is -0.0717. The van der Waals surface area contributed by atoms with E-state index in [0.717, 1.165) is 30.6 Å². The molecule has 2 N–H and O–H groups in total. The first kappa shape index (κ1) is 24.1. The van der Waals surface area contributed by atoms with Gasteiger partial charge in [0.1, 0.15) is 17.2 Å². The van der Waals surface area contributed by atoms with Crippen molar-refractivity contribution in [1.82, 2.24) is 0 Å². The number of benzene rings is 3. The van der Waals surface area contributed by atoms with Crippen molar-refractivity contribution in [2.45, 2.75) is 51.8 Å². The Balaban J connectivity index is 1.62. The van der Waals surface area contributed by atoms with Gasteiger partial charge in [0.2, 0.25) is 5.72 Å². The summed E-state index contributed by atoms with van der Waals surface area (Å²) >= 11 is 0. The molecule has 0 unspecified atom stereocenters. The zero-order valence-electron chi connectivity index (χ0n) is 21.1. The summed E-state index contributed by atoms with van der Waals surface area (Å²) in [5, 5.41) is 20.7. The molecule has 0 radical (unpaired) electrons. The summed E-state index contributed by atoms with van der Waals surface area (Å²) in [7, 11) is 0. The lowest BCUT2D eigenvalue weighted by Crippen LogP contribution is -2.52. The fourth-order valence-corrected chi connectivity index (χ4v) is 5.59. The van der Waals surface area contributed by atoms with Gasteiger partial charge in [0.15, 0.2) is 0 Å². The molecule has 1 aliphatic heterocycles. The Hall–Kier alpha value is -3.60. The number of hydrogen-bond donors (Lipinski definition) is 2. The second kappa shape index (κ2) is 9.45. The van der Waals surface area contributed by atoms with Crippen LogP contribution in [0.5, 0.6) is 17.2 Å². The van der Waals surface area contributed by atoms with Crippen LogP contribution in [0.2, 0.25) is 0 Å². The van der Waals surface area contributed by atoms with Crippen molar-refractivity contribution in [3.63, 3.8) is 0 Å². The summed E-state index contributed by atoms with van der Waals surface area (Å²) in [6.07, 6.45) is 6.20. The van der Waals surface area contributed by atoms with Crippen molar-refractivity contribution in [2.24, 2.45) is 27.2 Å². The number of rotatable bonds is 4. The minimum atomic E-state index is -0.793. The van der Waals surface area contributed by atoms with E-state index < -0.39 is 5.72 Å². The average molecular weight is 483 g/mol. The first-order valence-corrected chi connectivity index (χ1v) is 12.7. The lowest BCUT2D eigenvalue weighted by atomic mass is 9.63. The highest BCUT2D eigenvalue weighted by molar-refractivity contribution is 5.84. The molecule has 3 aromatic rings. The minimum absolute atomic E-state index is 0.00501. The zero-order valence-corrected chi connectivity index (χ0v) is 21.1. The van der Waals surface area contributed by atoms with Crippen molar-refractivity contribution in [1.29, 1.82) is 0 Å². The molecule has 0 bridgehead atoms. The Bertz CT molecular complexity index is 1290. The van der Waals surface area contributed by atoms with Crippen molar-refractivity contribution in [3.8, 4) is 17.2 Å². The number of para-hydroxylation sites is 3. The van der Waals surface area contributed by atoms with E-state index in [1.54, 1.807) is 30.6 Å². The van der Waals surface area contributed by atoms with Gasteiger partial charge in [-0.25, -0.2) is 4.99 Å². The second-order valence-corrected chi connectivity index (χ2v) is 11.0. The maximum atomic E-state index is 10.3. The molecular weight excluding hydrogens is 448 g/mol. The fourth-order valence-electron chi connectivity index (χ4n) is 5.59. The first-order chi connectivity index (χ1) is 17.3. The molecule has 0 aromatic heterocycles. The quantitative estimate of drug-likeness (QED) is 0.396. The van der Waals surface area contributed by atoms with Crippen LogP contribution in [0.1, 0.15) is 62.8 Å². The van der Waals surface area contributed by atoms with Gasteiger partial charge in [0.25, 0.3) is 0 Å². The van der Waals surface area contributed by atoms with Crippen molar-refractivity contribution < 1.29 is 14.9 Å². The van der Waals surface area contributed by atoms with E-state index >= 15 is 0 Å². The molecule has 2 aliphatic rings. The van der Waals surface area contributed by atoms with Crippen LogP contribution in [0.4, 0.5) is 0 Å². The molecule has 4 atom stereocenters. The van der Waals surface area contributed by atoms with Crippen LogP contribution in [-0.2, 0) is 0 Å². The van der Waals surface area contributed by atoms with Gasteiger partial charge < -0.3 is 14.9 Å². The third-order valence-corrected chi connectivity index (χ3v) is 7.77. The molecule has 0 amide bonds. The number of aliphatic imine (C=N–C) groups is 2. The van der Waals surface area contributed by atoms with Gasteiger partial charge >= 0.3 is 0 Å². The van der Waals surface area contributed by atoms with E-state index in [0.29, 0.717) is 17.0 Å². The van der Waals surface area contributed by atoms with Crippen LogP contribution in [0, 0.1) is 17.3 Å². The molecule has 5 nitrogen and oxygen atoms in total. The first-order valence-electron chi connectivity index (χ1n) is 12.7. The summed E-state index contributed by atoms with van der Waals surface area (Å²) in [6.45, 7) is 6.90. The largest absolute Gasteiger partial charge is 0.507 e. The van der Waals surface area contributed by atoms with Gasteiger partial charge in [-0.2, -0.15) is 0 Å². The topological polar surface area (TPSA) is 74.4 Å². The Morgan fingerprint density at radius 3 is 2.14 bits per heavy atom. The molecule has 186 valence electrons. The molecule has 1 heterocycles. The summed E-state index contributed by atoms with van der Waals surface area (Å²) in [5.74, 6) is 1.68. The van der Waals surface area contributed by atoms with Crippen LogP contribution in [0.15, 0.2) is 82.8 Å². The van der Waals surface area contributed by atoms with Crippen LogP contribution >= 0.6 is 0 Å². The summed E-state index contributed by atoms with van der Waals surface area (Å²) in [5.41, 5.74) is 1.75. The monoisotopic (exact) mass is 482 g/mol. The minimum Gasteiger partial charge on any atom is -0.507 e. The van der Waals surface area contributed by atoms with E-state index in [9.17, 15) is 10.2 Å². The van der Waals surface area contributed by atoms with Crippen LogP contribution in [0.3, 0.4) is 0 Å². The summed E-state index contributed by atoms with van der Waals surface area (Å²) in [6, 6.07) is 22.4. The fraction of sp³-hybridized carbons (Fsp3) is 0.355. The maximum absolute atomic E-state index is 10.3. The molecule has 1 saturated carbocycles. The third-order valence-electron chi connectivity index (χ3n) is 7.77. The standard InChI is InChI=1S/C31H34N2O3/c1-30(2,3)23-16-17-31(33-20-22-11-5-8-14-27(22)35)25(18-23)29(24-12-6-9-15-28(24)36-31)32-19-21-10-4-7-13-26(21)34/h4-15,19-20,23,25,29,34-35H,16-18H2,1-3H3/b32-19?,33-20+/t23-,25+,29-,31+/m1/s1. The number of hydrogen-bond acceptors (Lipinski definition) is 5. The van der Waals surface area contributed by atoms with Gasteiger partial charge in [-0.05, 0) is 54.5 Å². The predicted molar refractivity (Wildman–Crippen MR) is 144 cm³/mol. The molecule has 0 saturated heterocycles. The Kier molecular flexibility index (Phi) is 6.33. The molecule has 5 rings (SSSR count). The van der Waals surface area contributed by atoms with Gasteiger partial charge in [0, 0.05) is 41.5 Å². The van der Waals surface area contributed by atoms with Crippen molar-refractivity contribution >= 4 is 12.4 Å². The van der Waals surface area contributed by atoms with E-state index in [4.69, 9.17) is 14.7 Å². The number of phenolic OH excluding ortho intramolecular Hbond substituents is 2. The molecule has 36 heavy (non-hydrogen) atoms. The molecule has 0 spiro atoms. The van der Waals surface area contributed by atoms with Crippen molar-refractivity contribution in [2.75, 3.05) is 0 Å². The normalized spacial score (nSPS) is 25.9. The highest BCUT2D eigenvalue weighted by Gasteiger charge is 2.54. The zero-order chi connectivity index (χ0) is 25.3. The number of ether oxygens (including phenoxy) is 1. The average Bonchev–Trinajstić information content (AvgIpc) is 2.86. The highest BCUT2D eigenvalue weighted by atomic mass is 16.5. The number of nitrogens with zero attached hydrogens (tertiary/aromatic N) is 2. The van der Waals surface area contributed by atoms with Crippen LogP contribution < -0.4 is 4.74 Å². The van der Waals surface area contributed by atoms with E-state index in [-0.39, 0.29) is 28.9 Å². The van der Waals surface area contributed by atoms with Gasteiger partial charge in [-0.1, -0.05) is 63.2 Å². The van der Waals surface area contributed by atoms with E-state index in [2.05, 4.69) is 26.8 Å². The predicted octanol–water partition coefficient (Wildman–Crippen LogP) is 6.93. The number of phenols is 2. The second-order valence-electron chi connectivity index (χ2n) is 11.0. The van der Waals surface area contributed by atoms with E-state index in [1.165, 1.54) is 0 Å².